The smallest absolute Gasteiger partial charge is 0.127 e. The van der Waals surface area contributed by atoms with E-state index in [2.05, 4.69) is 85.8 Å². The molecule has 0 aliphatic heterocycles. The fraction of sp³-hybridized carbons (Fsp3) is 0.241. The maximum atomic E-state index is 12.8. The highest BCUT2D eigenvalue weighted by molar-refractivity contribution is 5.84. The van der Waals surface area contributed by atoms with Gasteiger partial charge in [-0.1, -0.05) is 78.4 Å². The lowest BCUT2D eigenvalue weighted by Gasteiger charge is -2.48. The maximum absolute atomic E-state index is 12.8. The van der Waals surface area contributed by atoms with E-state index in [1.54, 1.807) is 0 Å². The lowest BCUT2D eigenvalue weighted by atomic mass is 9.53. The second kappa shape index (κ2) is 6.37. The number of fused-ring (bicyclic) bond motifs is 2. The highest BCUT2D eigenvalue weighted by Crippen LogP contribution is 2.76. The van der Waals surface area contributed by atoms with E-state index in [-0.39, 0.29) is 5.41 Å². The van der Waals surface area contributed by atoms with Crippen molar-refractivity contribution in [3.8, 4) is 0 Å². The summed E-state index contributed by atoms with van der Waals surface area (Å²) < 4.78 is 0. The number of benzene rings is 3. The van der Waals surface area contributed by atoms with E-state index < -0.39 is 10.8 Å². The molecule has 3 saturated carbocycles. The molecule has 2 heteroatoms. The Labute approximate surface area is 183 Å². The second-order valence-electron chi connectivity index (χ2n) is 9.64. The number of aryl methyl sites for hydroxylation is 1. The predicted octanol–water partition coefficient (Wildman–Crippen LogP) is 6.15. The van der Waals surface area contributed by atoms with E-state index >= 15 is 0 Å². The van der Waals surface area contributed by atoms with Crippen molar-refractivity contribution in [2.45, 2.75) is 37.0 Å². The van der Waals surface area contributed by atoms with Crippen molar-refractivity contribution in [3.05, 3.63) is 114 Å². The number of aromatic nitrogens is 1. The van der Waals surface area contributed by atoms with Crippen molar-refractivity contribution >= 4 is 17.1 Å². The predicted molar refractivity (Wildman–Crippen MR) is 124 cm³/mol. The van der Waals surface area contributed by atoms with Crippen LogP contribution in [0.5, 0.6) is 0 Å². The zero-order chi connectivity index (χ0) is 21.1. The minimum absolute atomic E-state index is 0.0239. The summed E-state index contributed by atoms with van der Waals surface area (Å²) in [5.41, 5.74) is 4.06. The van der Waals surface area contributed by atoms with E-state index in [9.17, 15) is 4.79 Å². The van der Waals surface area contributed by atoms with E-state index in [1.807, 2.05) is 12.3 Å². The van der Waals surface area contributed by atoms with Gasteiger partial charge in [0, 0.05) is 11.6 Å². The molecule has 0 saturated heterocycles. The third kappa shape index (κ3) is 2.39. The van der Waals surface area contributed by atoms with Gasteiger partial charge < -0.3 is 4.79 Å². The minimum Gasteiger partial charge on any atom is -0.303 e. The Morgan fingerprint density at radius 3 is 2.32 bits per heavy atom. The molecule has 1 unspecified atom stereocenters. The molecule has 3 aromatic carbocycles. The van der Waals surface area contributed by atoms with Gasteiger partial charge in [0.1, 0.15) is 6.29 Å². The van der Waals surface area contributed by atoms with Crippen LogP contribution >= 0.6 is 0 Å². The largest absolute Gasteiger partial charge is 0.303 e. The summed E-state index contributed by atoms with van der Waals surface area (Å²) in [6, 6.07) is 30.2. The van der Waals surface area contributed by atoms with E-state index in [0.29, 0.717) is 0 Å². The molecule has 152 valence electrons. The molecule has 2 nitrogen and oxygen atoms in total. The summed E-state index contributed by atoms with van der Waals surface area (Å²) in [5, 5.41) is 2.44. The van der Waals surface area contributed by atoms with Crippen LogP contribution in [0.15, 0.2) is 91.1 Å². The summed E-state index contributed by atoms with van der Waals surface area (Å²) in [5.74, 6) is 0. The summed E-state index contributed by atoms with van der Waals surface area (Å²) >= 11 is 0. The van der Waals surface area contributed by atoms with Crippen LogP contribution in [0.4, 0.5) is 0 Å². The third-order valence-corrected chi connectivity index (χ3v) is 7.96. The molecule has 0 N–H and O–H groups in total. The molecule has 0 radical (unpaired) electrons. The van der Waals surface area contributed by atoms with Crippen LogP contribution < -0.4 is 0 Å². The van der Waals surface area contributed by atoms with Gasteiger partial charge in [-0.3, -0.25) is 4.98 Å². The van der Waals surface area contributed by atoms with Gasteiger partial charge in [-0.2, -0.15) is 0 Å². The molecular weight excluding hydrogens is 378 g/mol. The van der Waals surface area contributed by atoms with Crippen molar-refractivity contribution in [1.82, 2.24) is 4.98 Å². The molecule has 1 heterocycles. The monoisotopic (exact) mass is 403 g/mol. The van der Waals surface area contributed by atoms with E-state index in [4.69, 9.17) is 4.98 Å². The molecule has 0 spiro atoms. The topological polar surface area (TPSA) is 30.0 Å². The van der Waals surface area contributed by atoms with Crippen molar-refractivity contribution in [2.24, 2.45) is 5.41 Å². The Bertz CT molecular complexity index is 1300. The van der Waals surface area contributed by atoms with Crippen LogP contribution in [-0.2, 0) is 15.6 Å². The molecule has 3 fully saturated rings. The first-order chi connectivity index (χ1) is 15.1. The van der Waals surface area contributed by atoms with Gasteiger partial charge in [-0.05, 0) is 65.6 Å². The van der Waals surface area contributed by atoms with E-state index in [0.717, 1.165) is 25.0 Å². The Kier molecular flexibility index (Phi) is 3.80. The zero-order valence-corrected chi connectivity index (χ0v) is 17.7. The van der Waals surface area contributed by atoms with Gasteiger partial charge in [-0.15, -0.1) is 0 Å². The zero-order valence-electron chi connectivity index (χ0n) is 17.7. The molecular formula is C29H25NO. The quantitative estimate of drug-likeness (QED) is 0.383. The molecule has 3 aliphatic carbocycles. The first-order valence-electron chi connectivity index (χ1n) is 11.1. The number of hydrogen-bond acceptors (Lipinski definition) is 2. The van der Waals surface area contributed by atoms with Gasteiger partial charge in [0.25, 0.3) is 0 Å². The van der Waals surface area contributed by atoms with Gasteiger partial charge in [0.05, 0.1) is 11.1 Å². The van der Waals surface area contributed by atoms with Crippen LogP contribution in [0.3, 0.4) is 0 Å². The minimum atomic E-state index is -0.423. The lowest BCUT2D eigenvalue weighted by molar-refractivity contribution is -0.122. The third-order valence-electron chi connectivity index (χ3n) is 7.96. The molecule has 3 aliphatic rings. The molecule has 7 rings (SSSR count). The highest BCUT2D eigenvalue weighted by atomic mass is 16.1. The molecule has 2 bridgehead atoms. The maximum Gasteiger partial charge on any atom is 0.127 e. The molecule has 4 aromatic rings. The Morgan fingerprint density at radius 1 is 0.774 bits per heavy atom. The first-order valence-corrected chi connectivity index (χ1v) is 11.1. The van der Waals surface area contributed by atoms with Crippen molar-refractivity contribution < 1.29 is 4.79 Å². The lowest BCUT2D eigenvalue weighted by Crippen LogP contribution is -2.49. The van der Waals surface area contributed by atoms with Crippen LogP contribution in [-0.4, -0.2) is 11.3 Å². The Hall–Kier alpha value is -3.26. The number of carbonyl (C=O) groups excluding carboxylic acids is 1. The molecule has 31 heavy (non-hydrogen) atoms. The fourth-order valence-electron chi connectivity index (χ4n) is 6.68. The summed E-state index contributed by atoms with van der Waals surface area (Å²) in [6.07, 6.45) is 5.80. The standard InChI is InChI=1S/C29H25NO/c1-21-7-6-10-24(15-21)27-17-28(18-27,20-31)29(19-27,26-11-4-5-14-30-26)25-13-12-22-8-2-3-9-23(22)16-25/h2-16,20H,17-19H2,1H3. The summed E-state index contributed by atoms with van der Waals surface area (Å²) in [6.45, 7) is 2.15. The van der Waals surface area contributed by atoms with Gasteiger partial charge in [0.2, 0.25) is 0 Å². The molecule has 1 atom stereocenters. The second-order valence-corrected chi connectivity index (χ2v) is 9.64. The van der Waals surface area contributed by atoms with Crippen LogP contribution in [0.1, 0.15) is 41.6 Å². The average Bonchev–Trinajstić information content (AvgIpc) is 3.28. The number of carbonyl (C=O) groups is 1. The highest BCUT2D eigenvalue weighted by Gasteiger charge is 2.75. The first kappa shape index (κ1) is 18.5. The van der Waals surface area contributed by atoms with E-state index in [1.165, 1.54) is 33.7 Å². The number of rotatable bonds is 4. The molecule has 1 aromatic heterocycles. The van der Waals surface area contributed by atoms with Gasteiger partial charge in [-0.25, -0.2) is 0 Å². The Balaban J connectivity index is 1.60. The van der Waals surface area contributed by atoms with Crippen molar-refractivity contribution in [1.29, 1.82) is 0 Å². The van der Waals surface area contributed by atoms with Crippen molar-refractivity contribution in [2.75, 3.05) is 0 Å². The molecule has 0 amide bonds. The average molecular weight is 404 g/mol. The van der Waals surface area contributed by atoms with Crippen LogP contribution in [0.2, 0.25) is 0 Å². The number of aldehydes is 1. The number of pyridine rings is 1. The van der Waals surface area contributed by atoms with Crippen molar-refractivity contribution in [3.63, 3.8) is 0 Å². The summed E-state index contributed by atoms with van der Waals surface area (Å²) in [4.78, 5) is 17.6. The summed E-state index contributed by atoms with van der Waals surface area (Å²) in [7, 11) is 0. The number of hydrogen-bond donors (Lipinski definition) is 0. The normalized spacial score (nSPS) is 28.9. The van der Waals surface area contributed by atoms with Crippen LogP contribution in [0.25, 0.3) is 10.8 Å². The Morgan fingerprint density at radius 2 is 1.58 bits per heavy atom. The fourth-order valence-corrected chi connectivity index (χ4v) is 6.68. The number of nitrogens with zero attached hydrogens (tertiary/aromatic N) is 1. The van der Waals surface area contributed by atoms with Crippen LogP contribution in [0, 0.1) is 12.3 Å². The van der Waals surface area contributed by atoms with Gasteiger partial charge in [0.15, 0.2) is 0 Å². The SMILES string of the molecule is Cc1cccc(C23CC(C=O)(C2)C(c2ccc4ccccc4c2)(c2ccccn2)C3)c1. The van der Waals surface area contributed by atoms with Gasteiger partial charge >= 0.3 is 0 Å².